The van der Waals surface area contributed by atoms with E-state index in [1.165, 1.54) is 19.2 Å². The van der Waals surface area contributed by atoms with Crippen molar-refractivity contribution in [2.45, 2.75) is 53.1 Å². The number of methoxy groups -OCH3 is 1. The highest BCUT2D eigenvalue weighted by atomic mass is 19.1. The van der Waals surface area contributed by atoms with Gasteiger partial charge in [0.15, 0.2) is 0 Å². The second kappa shape index (κ2) is 11.1. The zero-order valence-electron chi connectivity index (χ0n) is 20.7. The summed E-state index contributed by atoms with van der Waals surface area (Å²) in [5.74, 6) is -0.468. The van der Waals surface area contributed by atoms with Crippen molar-refractivity contribution in [1.29, 1.82) is 0 Å². The molecule has 0 unspecified atom stereocenters. The molecule has 4 nitrogen and oxygen atoms in total. The van der Waals surface area contributed by atoms with Crippen LogP contribution in [0.2, 0.25) is 0 Å². The first-order valence-corrected chi connectivity index (χ1v) is 11.5. The van der Waals surface area contributed by atoms with Crippen LogP contribution in [0.15, 0.2) is 54.6 Å². The third-order valence-electron chi connectivity index (χ3n) is 5.56. The van der Waals surface area contributed by atoms with E-state index >= 15 is 0 Å². The summed E-state index contributed by atoms with van der Waals surface area (Å²) in [6.45, 7) is 10.3. The summed E-state index contributed by atoms with van der Waals surface area (Å²) < 4.78 is 25.7. The van der Waals surface area contributed by atoms with Gasteiger partial charge in [0.25, 0.3) is 0 Å². The number of rotatable bonds is 8. The maximum atomic E-state index is 14.4. The van der Waals surface area contributed by atoms with Crippen LogP contribution in [-0.4, -0.2) is 18.1 Å². The van der Waals surface area contributed by atoms with E-state index in [2.05, 4.69) is 13.8 Å². The van der Waals surface area contributed by atoms with Crippen LogP contribution in [0.3, 0.4) is 0 Å². The Morgan fingerprint density at radius 3 is 2.29 bits per heavy atom. The molecule has 0 aliphatic heterocycles. The average Bonchev–Trinajstić information content (AvgIpc) is 2.82. The molecule has 0 saturated carbocycles. The summed E-state index contributed by atoms with van der Waals surface area (Å²) in [4.78, 5) is 18.0. The number of carbonyl (C=O) groups excluding carboxylic acids is 1. The Bertz CT molecular complexity index is 1180. The number of hydrogen-bond donors (Lipinski definition) is 0. The van der Waals surface area contributed by atoms with Crippen LogP contribution in [0.4, 0.5) is 4.39 Å². The summed E-state index contributed by atoms with van der Waals surface area (Å²) in [7, 11) is 1.36. The first kappa shape index (κ1) is 25.2. The van der Waals surface area contributed by atoms with Gasteiger partial charge in [-0.2, -0.15) is 0 Å². The fourth-order valence-corrected chi connectivity index (χ4v) is 3.98. The van der Waals surface area contributed by atoms with Crippen molar-refractivity contribution in [2.75, 3.05) is 7.11 Å². The number of aromatic nitrogens is 1. The minimum absolute atomic E-state index is 0.0286. The van der Waals surface area contributed by atoms with E-state index in [0.29, 0.717) is 28.1 Å². The molecule has 0 radical (unpaired) electrons. The molecule has 0 amide bonds. The molecule has 1 heterocycles. The molecule has 178 valence electrons. The zero-order chi connectivity index (χ0) is 24.8. The number of carbonyl (C=O) groups is 1. The summed E-state index contributed by atoms with van der Waals surface area (Å²) in [5, 5.41) is 0. The van der Waals surface area contributed by atoms with Crippen molar-refractivity contribution < 1.29 is 18.7 Å². The molecule has 3 aromatic rings. The van der Waals surface area contributed by atoms with Gasteiger partial charge in [-0.05, 0) is 36.5 Å². The highest BCUT2D eigenvalue weighted by Crippen LogP contribution is 2.42. The zero-order valence-corrected chi connectivity index (χ0v) is 20.7. The number of allylic oxidation sites excluding steroid dienone is 1. The van der Waals surface area contributed by atoms with E-state index in [4.69, 9.17) is 14.5 Å². The van der Waals surface area contributed by atoms with Gasteiger partial charge in [0, 0.05) is 22.8 Å². The van der Waals surface area contributed by atoms with E-state index in [0.717, 1.165) is 16.8 Å². The van der Waals surface area contributed by atoms with Crippen LogP contribution in [0.25, 0.3) is 17.2 Å². The topological polar surface area (TPSA) is 48.4 Å². The fraction of sp³-hybridized carbons (Fsp3) is 0.310. The Labute approximate surface area is 201 Å². The molecule has 5 heteroatoms. The van der Waals surface area contributed by atoms with Gasteiger partial charge in [-0.25, -0.2) is 9.18 Å². The van der Waals surface area contributed by atoms with Crippen LogP contribution >= 0.6 is 0 Å². The van der Waals surface area contributed by atoms with E-state index in [-0.39, 0.29) is 18.4 Å². The van der Waals surface area contributed by atoms with Gasteiger partial charge in [0.2, 0.25) is 0 Å². The molecule has 0 atom stereocenters. The van der Waals surface area contributed by atoms with E-state index < -0.39 is 11.8 Å². The molecule has 0 aliphatic carbocycles. The van der Waals surface area contributed by atoms with Crippen LogP contribution in [0.5, 0.6) is 5.75 Å². The average molecular weight is 462 g/mol. The Morgan fingerprint density at radius 1 is 1.03 bits per heavy atom. The first-order valence-electron chi connectivity index (χ1n) is 11.5. The van der Waals surface area contributed by atoms with Crippen LogP contribution in [0, 0.1) is 5.82 Å². The monoisotopic (exact) mass is 461 g/mol. The summed E-state index contributed by atoms with van der Waals surface area (Å²) in [5.41, 5.74) is 4.93. The largest absolute Gasteiger partial charge is 0.488 e. The van der Waals surface area contributed by atoms with Crippen molar-refractivity contribution in [2.24, 2.45) is 0 Å². The smallest absolute Gasteiger partial charge is 0.340 e. The molecular weight excluding hydrogens is 429 g/mol. The third kappa shape index (κ3) is 5.36. The molecule has 0 fully saturated rings. The molecule has 0 spiro atoms. The van der Waals surface area contributed by atoms with Crippen molar-refractivity contribution in [3.05, 3.63) is 88.5 Å². The normalized spacial score (nSPS) is 11.4. The predicted octanol–water partition coefficient (Wildman–Crippen LogP) is 7.53. The van der Waals surface area contributed by atoms with Gasteiger partial charge >= 0.3 is 5.97 Å². The molecule has 2 aromatic carbocycles. The minimum atomic E-state index is -0.481. The van der Waals surface area contributed by atoms with Gasteiger partial charge < -0.3 is 9.47 Å². The van der Waals surface area contributed by atoms with Crippen LogP contribution in [-0.2, 0) is 11.3 Å². The fourth-order valence-electron chi connectivity index (χ4n) is 3.98. The number of benzene rings is 2. The quantitative estimate of drug-likeness (QED) is 0.325. The van der Waals surface area contributed by atoms with E-state index in [9.17, 15) is 9.18 Å². The summed E-state index contributed by atoms with van der Waals surface area (Å²) in [6.07, 6.45) is 3.86. The second-order valence-corrected chi connectivity index (χ2v) is 8.76. The Balaban J connectivity index is 2.36. The lowest BCUT2D eigenvalue weighted by molar-refractivity contribution is 0.0599. The van der Waals surface area contributed by atoms with Gasteiger partial charge in [0.05, 0.1) is 24.1 Å². The van der Waals surface area contributed by atoms with Gasteiger partial charge in [-0.3, -0.25) is 4.98 Å². The highest BCUT2D eigenvalue weighted by Gasteiger charge is 2.29. The molecule has 0 bridgehead atoms. The van der Waals surface area contributed by atoms with Gasteiger partial charge in [0.1, 0.15) is 18.2 Å². The lowest BCUT2D eigenvalue weighted by atomic mass is 9.86. The van der Waals surface area contributed by atoms with Crippen LogP contribution < -0.4 is 4.74 Å². The second-order valence-electron chi connectivity index (χ2n) is 8.76. The summed E-state index contributed by atoms with van der Waals surface area (Å²) >= 11 is 0. The molecule has 0 saturated heterocycles. The Morgan fingerprint density at radius 2 is 1.71 bits per heavy atom. The van der Waals surface area contributed by atoms with Crippen LogP contribution in [0.1, 0.15) is 79.3 Å². The molecule has 0 N–H and O–H groups in total. The van der Waals surface area contributed by atoms with Crippen molar-refractivity contribution >= 4 is 12.0 Å². The maximum Gasteiger partial charge on any atom is 0.340 e. The third-order valence-corrected chi connectivity index (χ3v) is 5.56. The lowest BCUT2D eigenvalue weighted by Gasteiger charge is -2.23. The Hall–Kier alpha value is -3.47. The highest BCUT2D eigenvalue weighted by molar-refractivity contribution is 6.02. The van der Waals surface area contributed by atoms with Crippen molar-refractivity contribution in [3.63, 3.8) is 0 Å². The first-order chi connectivity index (χ1) is 16.3. The van der Waals surface area contributed by atoms with E-state index in [1.807, 2.05) is 63.3 Å². The number of pyridine rings is 1. The Kier molecular flexibility index (Phi) is 8.21. The number of esters is 1. The van der Waals surface area contributed by atoms with E-state index in [1.54, 1.807) is 6.07 Å². The predicted molar refractivity (Wildman–Crippen MR) is 135 cm³/mol. The van der Waals surface area contributed by atoms with Crippen molar-refractivity contribution in [3.8, 4) is 16.9 Å². The minimum Gasteiger partial charge on any atom is -0.488 e. The molecule has 0 aliphatic rings. The lowest BCUT2D eigenvalue weighted by Crippen LogP contribution is -2.16. The number of hydrogen-bond acceptors (Lipinski definition) is 4. The summed E-state index contributed by atoms with van der Waals surface area (Å²) in [6, 6.07) is 14.1. The number of nitrogens with zero attached hydrogens (tertiary/aromatic N) is 1. The number of ether oxygens (including phenoxy) is 2. The van der Waals surface area contributed by atoms with Gasteiger partial charge in [-0.1, -0.05) is 70.2 Å². The SMILES string of the molecule is C/C=C/c1c(C(C)C)nc(C(C)C)c(C(=O)OC)c1-c1ccc(F)cc1OCc1ccccc1. The molecule has 34 heavy (non-hydrogen) atoms. The van der Waals surface area contributed by atoms with Gasteiger partial charge in [-0.15, -0.1) is 0 Å². The molecular formula is C29H32FNO3. The number of halogens is 1. The molecule has 1 aromatic heterocycles. The standard InChI is InChI=1S/C29H32FNO3/c1-7-11-23-25(26(29(32)33-6)28(19(4)5)31-27(23)18(2)3)22-15-14-21(30)16-24(22)34-17-20-12-9-8-10-13-20/h7-16,18-19H,17H2,1-6H3/b11-7+. The molecule has 3 rings (SSSR count). The van der Waals surface area contributed by atoms with Crippen molar-refractivity contribution in [1.82, 2.24) is 4.98 Å². The maximum absolute atomic E-state index is 14.4.